The molecule has 0 atom stereocenters. The molecular weight excluding hydrogens is 408 g/mol. The number of esters is 2. The summed E-state index contributed by atoms with van der Waals surface area (Å²) in [6.07, 6.45) is 2.51. The zero-order valence-electron chi connectivity index (χ0n) is 17.5. The van der Waals surface area contributed by atoms with Crippen LogP contribution in [0, 0.1) is 12.8 Å². The summed E-state index contributed by atoms with van der Waals surface area (Å²) in [5.74, 6) is -1.34. The Hall–Kier alpha value is -2.94. The minimum Gasteiger partial charge on any atom is -0.462 e. The Balaban J connectivity index is 2.20. The lowest BCUT2D eigenvalue weighted by Crippen LogP contribution is -2.17. The smallest absolute Gasteiger partial charge is 0.348 e. The molecule has 162 valence electrons. The lowest BCUT2D eigenvalue weighted by molar-refractivity contribution is -0.116. The van der Waals surface area contributed by atoms with Crippen LogP contribution in [0.5, 0.6) is 0 Å². The number of aromatic nitrogens is 1. The van der Waals surface area contributed by atoms with Gasteiger partial charge in [-0.25, -0.2) is 9.59 Å². The highest BCUT2D eigenvalue weighted by molar-refractivity contribution is 7.18. The second-order valence-corrected chi connectivity index (χ2v) is 8.04. The van der Waals surface area contributed by atoms with Gasteiger partial charge in [0.2, 0.25) is 5.91 Å². The van der Waals surface area contributed by atoms with Crippen LogP contribution in [-0.4, -0.2) is 41.9 Å². The van der Waals surface area contributed by atoms with Crippen LogP contribution in [0.3, 0.4) is 0 Å². The third-order valence-corrected chi connectivity index (χ3v) is 5.36. The van der Waals surface area contributed by atoms with Crippen LogP contribution in [0.15, 0.2) is 18.3 Å². The molecule has 2 heterocycles. The topological polar surface area (TPSA) is 104 Å². The van der Waals surface area contributed by atoms with Gasteiger partial charge < -0.3 is 19.4 Å². The molecule has 0 bridgehead atoms. The van der Waals surface area contributed by atoms with Crippen molar-refractivity contribution in [2.45, 2.75) is 40.7 Å². The molecule has 8 nitrogen and oxygen atoms in total. The molecule has 9 heteroatoms. The number of carbonyl (C=O) groups is 4. The van der Waals surface area contributed by atoms with E-state index in [9.17, 15) is 19.2 Å². The number of ether oxygens (including phenoxy) is 2. The van der Waals surface area contributed by atoms with Crippen LogP contribution >= 0.6 is 11.3 Å². The molecule has 1 N–H and O–H groups in total. The first-order valence-electron chi connectivity index (χ1n) is 9.66. The average molecular weight is 435 g/mol. The number of aldehydes is 1. The Morgan fingerprint density at radius 1 is 1.23 bits per heavy atom. The fourth-order valence-electron chi connectivity index (χ4n) is 2.70. The van der Waals surface area contributed by atoms with Crippen LogP contribution in [0.4, 0.5) is 5.00 Å². The second kappa shape index (κ2) is 10.7. The molecule has 1 amide bonds. The molecule has 0 aliphatic rings. The fourth-order valence-corrected chi connectivity index (χ4v) is 3.81. The standard InChI is InChI=1S/C21H26N2O6S/c1-5-28-20(26)17-14(4)18(21(27)29-12-13(2)3)30-19(17)22-16(25)8-10-23-9-6-7-15(23)11-24/h6-7,9,11,13H,5,8,10,12H2,1-4H3,(H,22,25). The molecular formula is C21H26N2O6S. The maximum absolute atomic E-state index is 12.5. The van der Waals surface area contributed by atoms with Gasteiger partial charge >= 0.3 is 11.9 Å². The van der Waals surface area contributed by atoms with Crippen molar-refractivity contribution in [3.05, 3.63) is 40.0 Å². The zero-order valence-corrected chi connectivity index (χ0v) is 18.3. The summed E-state index contributed by atoms with van der Waals surface area (Å²) in [7, 11) is 0. The molecule has 2 rings (SSSR count). The minimum atomic E-state index is -0.613. The summed E-state index contributed by atoms with van der Waals surface area (Å²) >= 11 is 0.989. The molecule has 2 aromatic rings. The molecule has 0 aliphatic carbocycles. The van der Waals surface area contributed by atoms with E-state index in [1.807, 2.05) is 13.8 Å². The molecule has 30 heavy (non-hydrogen) atoms. The number of hydrogen-bond donors (Lipinski definition) is 1. The predicted molar refractivity (Wildman–Crippen MR) is 113 cm³/mol. The van der Waals surface area contributed by atoms with E-state index in [0.29, 0.717) is 24.1 Å². The maximum atomic E-state index is 12.5. The Morgan fingerprint density at radius 2 is 1.97 bits per heavy atom. The molecule has 0 unspecified atom stereocenters. The summed E-state index contributed by atoms with van der Waals surface area (Å²) < 4.78 is 12.0. The van der Waals surface area contributed by atoms with Gasteiger partial charge in [-0.05, 0) is 37.5 Å². The monoisotopic (exact) mass is 434 g/mol. The van der Waals surface area contributed by atoms with Crippen LogP contribution in [0.1, 0.15) is 63.3 Å². The first-order valence-corrected chi connectivity index (χ1v) is 10.5. The van der Waals surface area contributed by atoms with E-state index < -0.39 is 11.9 Å². The van der Waals surface area contributed by atoms with Crippen molar-refractivity contribution in [2.75, 3.05) is 18.5 Å². The van der Waals surface area contributed by atoms with Gasteiger partial charge in [-0.3, -0.25) is 9.59 Å². The van der Waals surface area contributed by atoms with Gasteiger partial charge in [0.25, 0.3) is 0 Å². The summed E-state index contributed by atoms with van der Waals surface area (Å²) in [5, 5.41) is 2.95. The summed E-state index contributed by atoms with van der Waals surface area (Å²) in [6, 6.07) is 3.37. The summed E-state index contributed by atoms with van der Waals surface area (Å²) in [4.78, 5) is 48.6. The van der Waals surface area contributed by atoms with E-state index in [1.54, 1.807) is 36.7 Å². The SMILES string of the molecule is CCOC(=O)c1c(NC(=O)CCn2cccc2C=O)sc(C(=O)OCC(C)C)c1C. The number of amides is 1. The lowest BCUT2D eigenvalue weighted by atomic mass is 10.1. The van der Waals surface area contributed by atoms with E-state index in [4.69, 9.17) is 9.47 Å². The number of nitrogens with one attached hydrogen (secondary N) is 1. The molecule has 2 aromatic heterocycles. The van der Waals surface area contributed by atoms with E-state index in [0.717, 1.165) is 11.3 Å². The van der Waals surface area contributed by atoms with Crippen molar-refractivity contribution < 1.29 is 28.7 Å². The van der Waals surface area contributed by atoms with Crippen molar-refractivity contribution in [1.29, 1.82) is 0 Å². The van der Waals surface area contributed by atoms with Crippen molar-refractivity contribution in [3.8, 4) is 0 Å². The molecule has 0 radical (unpaired) electrons. The van der Waals surface area contributed by atoms with Gasteiger partial charge in [0.05, 0.1) is 24.5 Å². The van der Waals surface area contributed by atoms with Crippen molar-refractivity contribution in [2.24, 2.45) is 5.92 Å². The van der Waals surface area contributed by atoms with Crippen LogP contribution < -0.4 is 5.32 Å². The van der Waals surface area contributed by atoms with Crippen LogP contribution in [-0.2, 0) is 20.8 Å². The zero-order chi connectivity index (χ0) is 22.3. The van der Waals surface area contributed by atoms with Gasteiger partial charge in [-0.2, -0.15) is 0 Å². The van der Waals surface area contributed by atoms with Crippen molar-refractivity contribution >= 4 is 40.5 Å². The van der Waals surface area contributed by atoms with Gasteiger partial charge in [0.1, 0.15) is 9.88 Å². The third-order valence-electron chi connectivity index (χ3n) is 4.18. The van der Waals surface area contributed by atoms with E-state index in [2.05, 4.69) is 5.32 Å². The number of rotatable bonds is 10. The van der Waals surface area contributed by atoms with Gasteiger partial charge in [-0.1, -0.05) is 13.8 Å². The Morgan fingerprint density at radius 3 is 2.60 bits per heavy atom. The molecule has 0 spiro atoms. The average Bonchev–Trinajstić information content (AvgIpc) is 3.28. The second-order valence-electron chi connectivity index (χ2n) is 7.02. The highest BCUT2D eigenvalue weighted by atomic mass is 32.1. The molecule has 0 saturated carbocycles. The van der Waals surface area contributed by atoms with E-state index in [1.165, 1.54) is 0 Å². The first-order chi connectivity index (χ1) is 14.3. The van der Waals surface area contributed by atoms with Crippen LogP contribution in [0.25, 0.3) is 0 Å². The van der Waals surface area contributed by atoms with Gasteiger partial charge in [0.15, 0.2) is 6.29 Å². The number of anilines is 1. The number of nitrogens with zero attached hydrogens (tertiary/aromatic N) is 1. The third kappa shape index (κ3) is 5.79. The van der Waals surface area contributed by atoms with Crippen molar-refractivity contribution in [1.82, 2.24) is 4.57 Å². The van der Waals surface area contributed by atoms with E-state index >= 15 is 0 Å². The fraction of sp³-hybridized carbons (Fsp3) is 0.429. The summed E-state index contributed by atoms with van der Waals surface area (Å²) in [5.41, 5.74) is 1.04. The number of aryl methyl sites for hydroxylation is 1. The summed E-state index contributed by atoms with van der Waals surface area (Å²) in [6.45, 7) is 7.86. The molecule has 0 saturated heterocycles. The number of thiophene rings is 1. The number of hydrogen-bond acceptors (Lipinski definition) is 7. The highest BCUT2D eigenvalue weighted by Gasteiger charge is 2.27. The Labute approximate surface area is 179 Å². The predicted octanol–water partition coefficient (Wildman–Crippen LogP) is 3.69. The molecule has 0 fully saturated rings. The minimum absolute atomic E-state index is 0.0852. The van der Waals surface area contributed by atoms with Gasteiger partial charge in [0, 0.05) is 19.2 Å². The normalized spacial score (nSPS) is 10.7. The first kappa shape index (κ1) is 23.3. The molecule has 0 aliphatic heterocycles. The van der Waals surface area contributed by atoms with Gasteiger partial charge in [-0.15, -0.1) is 11.3 Å². The lowest BCUT2D eigenvalue weighted by Gasteiger charge is -2.08. The highest BCUT2D eigenvalue weighted by Crippen LogP contribution is 2.34. The number of carbonyl (C=O) groups excluding carboxylic acids is 4. The van der Waals surface area contributed by atoms with Crippen LogP contribution in [0.2, 0.25) is 0 Å². The molecule has 0 aromatic carbocycles. The Kier molecular flexibility index (Phi) is 8.35. The quantitative estimate of drug-likeness (QED) is 0.452. The largest absolute Gasteiger partial charge is 0.462 e. The van der Waals surface area contributed by atoms with E-state index in [-0.39, 0.29) is 46.9 Å². The maximum Gasteiger partial charge on any atom is 0.348 e. The van der Waals surface area contributed by atoms with Crippen molar-refractivity contribution in [3.63, 3.8) is 0 Å². The Bertz CT molecular complexity index is 928.